The van der Waals surface area contributed by atoms with Crippen molar-refractivity contribution in [1.82, 2.24) is 0 Å². The summed E-state index contributed by atoms with van der Waals surface area (Å²) >= 11 is 0. The van der Waals surface area contributed by atoms with Gasteiger partial charge >= 0.3 is 11.9 Å². The second kappa shape index (κ2) is 7.98. The fourth-order valence-corrected chi connectivity index (χ4v) is 1.96. The summed E-state index contributed by atoms with van der Waals surface area (Å²) in [6.07, 6.45) is -1.70. The first kappa shape index (κ1) is 17.3. The average Bonchev–Trinajstić information content (AvgIpc) is 2.56. The number of carboxylic acid groups (broad SMARTS) is 2. The first-order valence-electron chi connectivity index (χ1n) is 7.15. The van der Waals surface area contributed by atoms with Crippen LogP contribution >= 0.6 is 0 Å². The van der Waals surface area contributed by atoms with Crippen LogP contribution < -0.4 is 15.2 Å². The maximum Gasteiger partial charge on any atom is 0.324 e. The number of aliphatic carboxylic acids is 2. The molecule has 0 spiro atoms. The van der Waals surface area contributed by atoms with Crippen molar-refractivity contribution in [2.24, 2.45) is 5.73 Å². The molecule has 0 saturated carbocycles. The van der Waals surface area contributed by atoms with Crippen molar-refractivity contribution in [1.29, 1.82) is 0 Å². The van der Waals surface area contributed by atoms with E-state index >= 15 is 0 Å². The zero-order valence-electron chi connectivity index (χ0n) is 12.7. The third kappa shape index (κ3) is 4.99. The molecule has 0 fully saturated rings. The summed E-state index contributed by atoms with van der Waals surface area (Å²) in [6, 6.07) is 14.1. The largest absolute Gasteiger partial charge is 0.488 e. The minimum absolute atomic E-state index is 0.304. The first-order valence-corrected chi connectivity index (χ1v) is 7.15. The lowest BCUT2D eigenvalue weighted by Gasteiger charge is -2.21. The molecule has 126 valence electrons. The van der Waals surface area contributed by atoms with E-state index < -0.39 is 30.5 Å². The maximum atomic E-state index is 11.0. The zero-order chi connectivity index (χ0) is 17.5. The van der Waals surface area contributed by atoms with Crippen molar-refractivity contribution >= 4 is 11.9 Å². The lowest BCUT2D eigenvalue weighted by Crippen LogP contribution is -2.46. The van der Waals surface area contributed by atoms with E-state index in [9.17, 15) is 9.59 Å². The summed E-state index contributed by atoms with van der Waals surface area (Å²) in [5.74, 6) is -0.988. The molecular formula is C17H17NO6. The van der Waals surface area contributed by atoms with Gasteiger partial charge in [0.15, 0.2) is 0 Å². The lowest BCUT2D eigenvalue weighted by molar-refractivity contribution is -0.143. The molecule has 2 rings (SSSR count). The van der Waals surface area contributed by atoms with Crippen LogP contribution in [0.2, 0.25) is 0 Å². The summed E-state index contributed by atoms with van der Waals surface area (Å²) in [5, 5.41) is 17.8. The first-order chi connectivity index (χ1) is 11.5. The van der Waals surface area contributed by atoms with Crippen LogP contribution in [0.25, 0.3) is 0 Å². The minimum atomic E-state index is -1.44. The van der Waals surface area contributed by atoms with Crippen LogP contribution in [0.4, 0.5) is 0 Å². The molecule has 0 radical (unpaired) electrons. The molecule has 0 aliphatic rings. The molecule has 0 aliphatic heterocycles. The number of para-hydroxylation sites is 1. The second-order valence-electron chi connectivity index (χ2n) is 5.00. The number of hydrogen-bond acceptors (Lipinski definition) is 5. The highest BCUT2D eigenvalue weighted by Crippen LogP contribution is 2.24. The molecule has 2 atom stereocenters. The Labute approximate surface area is 138 Å². The van der Waals surface area contributed by atoms with Crippen molar-refractivity contribution in [3.63, 3.8) is 0 Å². The number of rotatable bonds is 8. The van der Waals surface area contributed by atoms with Gasteiger partial charge in [-0.1, -0.05) is 18.2 Å². The molecule has 2 aromatic rings. The van der Waals surface area contributed by atoms with Crippen molar-refractivity contribution in [3.05, 3.63) is 54.6 Å². The summed E-state index contributed by atoms with van der Waals surface area (Å²) in [6.45, 7) is 0. The fourth-order valence-electron chi connectivity index (χ4n) is 1.96. The van der Waals surface area contributed by atoms with E-state index in [0.717, 1.165) is 0 Å². The highest BCUT2D eigenvalue weighted by molar-refractivity contribution is 5.76. The Bertz CT molecular complexity index is 686. The van der Waals surface area contributed by atoms with Gasteiger partial charge in [0.1, 0.15) is 29.4 Å². The monoisotopic (exact) mass is 331 g/mol. The Morgan fingerprint density at radius 3 is 2.00 bits per heavy atom. The molecule has 2 aromatic carbocycles. The predicted octanol–water partition coefficient (Wildman–Crippen LogP) is 2.11. The van der Waals surface area contributed by atoms with Crippen LogP contribution in [0, 0.1) is 0 Å². The normalized spacial score (nSPS) is 12.9. The third-order valence-corrected chi connectivity index (χ3v) is 3.15. The molecule has 2 unspecified atom stereocenters. The van der Waals surface area contributed by atoms with Crippen LogP contribution in [0.1, 0.15) is 6.42 Å². The molecular weight excluding hydrogens is 314 g/mol. The van der Waals surface area contributed by atoms with Gasteiger partial charge in [0, 0.05) is 0 Å². The number of ether oxygens (including phenoxy) is 2. The van der Waals surface area contributed by atoms with Crippen molar-refractivity contribution in [3.8, 4) is 17.2 Å². The van der Waals surface area contributed by atoms with Gasteiger partial charge in [0.05, 0.1) is 6.42 Å². The van der Waals surface area contributed by atoms with E-state index in [-0.39, 0.29) is 0 Å². The Kier molecular flexibility index (Phi) is 5.75. The Morgan fingerprint density at radius 1 is 0.917 bits per heavy atom. The lowest BCUT2D eigenvalue weighted by atomic mass is 10.1. The van der Waals surface area contributed by atoms with E-state index in [2.05, 4.69) is 0 Å². The molecule has 7 heteroatoms. The summed E-state index contributed by atoms with van der Waals surface area (Å²) < 4.78 is 11.0. The van der Waals surface area contributed by atoms with Gasteiger partial charge in [0.2, 0.25) is 0 Å². The van der Waals surface area contributed by atoms with Gasteiger partial charge < -0.3 is 25.4 Å². The van der Waals surface area contributed by atoms with Crippen LogP contribution in [0.15, 0.2) is 54.6 Å². The van der Waals surface area contributed by atoms with E-state index in [4.69, 9.17) is 25.4 Å². The third-order valence-electron chi connectivity index (χ3n) is 3.15. The van der Waals surface area contributed by atoms with Gasteiger partial charge in [-0.25, -0.2) is 0 Å². The molecule has 0 aliphatic carbocycles. The van der Waals surface area contributed by atoms with E-state index in [1.165, 1.54) is 0 Å². The molecule has 0 aromatic heterocycles. The average molecular weight is 331 g/mol. The number of nitrogens with two attached hydrogens (primary N) is 1. The topological polar surface area (TPSA) is 119 Å². The summed E-state index contributed by atoms with van der Waals surface area (Å²) in [4.78, 5) is 21.8. The van der Waals surface area contributed by atoms with Gasteiger partial charge in [0.25, 0.3) is 0 Å². The van der Waals surface area contributed by atoms with Gasteiger partial charge in [-0.15, -0.1) is 0 Å². The van der Waals surface area contributed by atoms with Crippen molar-refractivity contribution < 1.29 is 29.3 Å². The van der Waals surface area contributed by atoms with Crippen molar-refractivity contribution in [2.45, 2.75) is 18.6 Å². The maximum absolute atomic E-state index is 11.0. The quantitative estimate of drug-likeness (QED) is 0.677. The molecule has 0 amide bonds. The Morgan fingerprint density at radius 2 is 1.46 bits per heavy atom. The van der Waals surface area contributed by atoms with Crippen molar-refractivity contribution in [2.75, 3.05) is 0 Å². The van der Waals surface area contributed by atoms with Gasteiger partial charge in [-0.2, -0.15) is 0 Å². The van der Waals surface area contributed by atoms with E-state index in [1.807, 2.05) is 18.2 Å². The number of carboxylic acids is 2. The summed E-state index contributed by atoms with van der Waals surface area (Å²) in [7, 11) is 0. The SMILES string of the molecule is NC(C(=O)O)C(CC(=O)O)Oc1ccc(Oc2ccccc2)cc1. The molecule has 4 N–H and O–H groups in total. The number of hydrogen-bond donors (Lipinski definition) is 3. The van der Waals surface area contributed by atoms with E-state index in [0.29, 0.717) is 17.2 Å². The Hall–Kier alpha value is -3.06. The van der Waals surface area contributed by atoms with Crippen LogP contribution in [0.3, 0.4) is 0 Å². The standard InChI is InChI=1S/C17H17NO6/c18-16(17(21)22)14(10-15(19)20)24-13-8-6-12(7-9-13)23-11-4-2-1-3-5-11/h1-9,14,16H,10,18H2,(H,19,20)(H,21,22). The van der Waals surface area contributed by atoms with Crippen LogP contribution in [-0.4, -0.2) is 34.3 Å². The van der Waals surface area contributed by atoms with Crippen LogP contribution in [-0.2, 0) is 9.59 Å². The van der Waals surface area contributed by atoms with E-state index in [1.54, 1.807) is 36.4 Å². The molecule has 0 bridgehead atoms. The predicted molar refractivity (Wildman–Crippen MR) is 85.2 cm³/mol. The molecule has 0 heterocycles. The van der Waals surface area contributed by atoms with Gasteiger partial charge in [-0.3, -0.25) is 9.59 Å². The minimum Gasteiger partial charge on any atom is -0.488 e. The Balaban J connectivity index is 2.05. The molecule has 0 saturated heterocycles. The highest BCUT2D eigenvalue weighted by Gasteiger charge is 2.28. The molecule has 24 heavy (non-hydrogen) atoms. The molecule has 7 nitrogen and oxygen atoms in total. The van der Waals surface area contributed by atoms with Gasteiger partial charge in [-0.05, 0) is 36.4 Å². The smallest absolute Gasteiger partial charge is 0.324 e. The number of benzene rings is 2. The fraction of sp³-hybridized carbons (Fsp3) is 0.176. The highest BCUT2D eigenvalue weighted by atomic mass is 16.5. The second-order valence-corrected chi connectivity index (χ2v) is 5.00. The number of carbonyl (C=O) groups is 2. The zero-order valence-corrected chi connectivity index (χ0v) is 12.7. The summed E-state index contributed by atoms with van der Waals surface area (Å²) in [5.41, 5.74) is 5.48. The van der Waals surface area contributed by atoms with Crippen LogP contribution in [0.5, 0.6) is 17.2 Å².